The van der Waals surface area contributed by atoms with Crippen LogP contribution in [0.25, 0.3) is 0 Å². The first kappa shape index (κ1) is 36.2. The van der Waals surface area contributed by atoms with E-state index in [4.69, 9.17) is 4.74 Å². The lowest BCUT2D eigenvalue weighted by Crippen LogP contribution is -2.42. The summed E-state index contributed by atoms with van der Waals surface area (Å²) in [6.45, 7) is 14.5. The first-order chi connectivity index (χ1) is 17.0. The fraction of sp³-hybridized carbons (Fsp3) is 0.966. The van der Waals surface area contributed by atoms with Gasteiger partial charge >= 0.3 is 5.97 Å². The second-order valence-corrected chi connectivity index (χ2v) is 13.9. The van der Waals surface area contributed by atoms with Crippen molar-refractivity contribution in [3.05, 3.63) is 0 Å². The highest BCUT2D eigenvalue weighted by molar-refractivity contribution is 5.72. The molecule has 0 aliphatic heterocycles. The van der Waals surface area contributed by atoms with E-state index < -0.39 is 30.7 Å². The largest absolute Gasteiger partial charge is 0.465 e. The van der Waals surface area contributed by atoms with Gasteiger partial charge in [-0.2, -0.15) is 0 Å². The summed E-state index contributed by atoms with van der Waals surface area (Å²) in [6, 6.07) is 0. The van der Waals surface area contributed by atoms with Crippen molar-refractivity contribution in [1.82, 2.24) is 0 Å². The van der Waals surface area contributed by atoms with Crippen LogP contribution in [0.1, 0.15) is 87.5 Å². The van der Waals surface area contributed by atoms with Gasteiger partial charge in [0, 0.05) is 12.0 Å². The minimum Gasteiger partial charge on any atom is -0.465 e. The molecule has 0 aliphatic rings. The number of rotatable bonds is 19. The van der Waals surface area contributed by atoms with Crippen molar-refractivity contribution < 1.29 is 40.2 Å². The molecule has 4 atom stereocenters. The van der Waals surface area contributed by atoms with Crippen LogP contribution in [0.5, 0.6) is 0 Å². The summed E-state index contributed by atoms with van der Waals surface area (Å²) in [6.07, 6.45) is 3.62. The number of aliphatic hydroxyl groups excluding tert-OH is 6. The lowest BCUT2D eigenvalue weighted by molar-refractivity contribution is -0.158. The minimum absolute atomic E-state index is 0.0257. The van der Waals surface area contributed by atoms with E-state index in [1.807, 2.05) is 6.92 Å². The number of hydrogen-bond donors (Lipinski definition) is 6. The molecular weight excluding hydrogens is 476 g/mol. The second-order valence-electron chi connectivity index (χ2n) is 13.9. The first-order valence-corrected chi connectivity index (χ1v) is 13.8. The van der Waals surface area contributed by atoms with Crippen LogP contribution < -0.4 is 0 Å². The summed E-state index contributed by atoms with van der Waals surface area (Å²) in [5.74, 6) is -0.654. The number of carbonyl (C=O) groups is 1. The smallest absolute Gasteiger partial charge is 0.309 e. The van der Waals surface area contributed by atoms with E-state index >= 15 is 0 Å². The Morgan fingerprint density at radius 1 is 0.757 bits per heavy atom. The van der Waals surface area contributed by atoms with Crippen molar-refractivity contribution in [1.29, 1.82) is 0 Å². The zero-order chi connectivity index (χ0) is 29.1. The molecule has 0 radical (unpaired) electrons. The lowest BCUT2D eigenvalue weighted by Gasteiger charge is -2.42. The normalized spacial score (nSPS) is 16.8. The van der Waals surface area contributed by atoms with E-state index in [1.54, 1.807) is 0 Å². The average Bonchev–Trinajstić information content (AvgIpc) is 2.81. The Kier molecular flexibility index (Phi) is 15.4. The predicted molar refractivity (Wildman–Crippen MR) is 146 cm³/mol. The molecule has 0 fully saturated rings. The van der Waals surface area contributed by atoms with Crippen molar-refractivity contribution in [2.24, 2.45) is 45.3 Å². The molecule has 0 rings (SSSR count). The molecule has 0 heterocycles. The summed E-state index contributed by atoms with van der Waals surface area (Å²) in [5.41, 5.74) is -2.20. The van der Waals surface area contributed by atoms with Crippen LogP contribution in [0.15, 0.2) is 0 Å². The number of hydrogen-bond acceptors (Lipinski definition) is 8. The maximum atomic E-state index is 13.2. The quantitative estimate of drug-likeness (QED) is 0.139. The van der Waals surface area contributed by atoms with E-state index in [0.717, 1.165) is 19.3 Å². The Bertz CT molecular complexity index is 626. The van der Waals surface area contributed by atoms with Gasteiger partial charge in [-0.15, -0.1) is 0 Å². The number of ether oxygens (including phenoxy) is 1. The molecule has 0 spiro atoms. The molecule has 37 heavy (non-hydrogen) atoms. The van der Waals surface area contributed by atoms with Crippen LogP contribution in [0.2, 0.25) is 0 Å². The molecule has 0 aliphatic carbocycles. The Morgan fingerprint density at radius 3 is 1.68 bits per heavy atom. The highest BCUT2D eigenvalue weighted by atomic mass is 16.5. The zero-order valence-electron chi connectivity index (χ0n) is 24.8. The van der Waals surface area contributed by atoms with E-state index in [1.165, 1.54) is 0 Å². The molecule has 0 bridgehead atoms. The third-order valence-corrected chi connectivity index (χ3v) is 8.10. The van der Waals surface area contributed by atoms with Gasteiger partial charge in [-0.3, -0.25) is 4.79 Å². The topological polar surface area (TPSA) is 148 Å². The first-order valence-electron chi connectivity index (χ1n) is 13.8. The monoisotopic (exact) mass is 534 g/mol. The van der Waals surface area contributed by atoms with Gasteiger partial charge in [0.05, 0.1) is 44.4 Å². The molecule has 8 heteroatoms. The van der Waals surface area contributed by atoms with Gasteiger partial charge in [0.1, 0.15) is 6.61 Å². The maximum Gasteiger partial charge on any atom is 0.309 e. The lowest BCUT2D eigenvalue weighted by atomic mass is 9.65. The molecule has 222 valence electrons. The standard InChI is InChI=1S/C29H58O8/c1-21(11-27(7,8)14-29(18-34,19-35)23(3)13-30)9-10-24(22(2)12-26(4,5)6)25(36)37-20-28(15-31,16-32)17-33/h21-24,30-35H,9-20H2,1-8H3. The zero-order valence-corrected chi connectivity index (χ0v) is 24.8. The summed E-state index contributed by atoms with van der Waals surface area (Å²) < 4.78 is 5.55. The molecule has 0 amide bonds. The van der Waals surface area contributed by atoms with Gasteiger partial charge in [0.15, 0.2) is 0 Å². The SMILES string of the molecule is CC(CCC(C(=O)OCC(CO)(CO)CO)C(C)CC(C)(C)C)CC(C)(C)CC(CO)(CO)C(C)CO. The van der Waals surface area contributed by atoms with Gasteiger partial charge in [0.2, 0.25) is 0 Å². The van der Waals surface area contributed by atoms with Crippen molar-refractivity contribution in [2.75, 3.05) is 46.2 Å². The number of esters is 1. The van der Waals surface area contributed by atoms with E-state index in [9.17, 15) is 35.4 Å². The molecule has 0 aromatic rings. The van der Waals surface area contributed by atoms with Crippen molar-refractivity contribution >= 4 is 5.97 Å². The van der Waals surface area contributed by atoms with Crippen molar-refractivity contribution in [3.63, 3.8) is 0 Å². The Balaban J connectivity index is 5.47. The fourth-order valence-electron chi connectivity index (χ4n) is 5.74. The van der Waals surface area contributed by atoms with Crippen LogP contribution in [0, 0.1) is 45.3 Å². The number of carbonyl (C=O) groups excluding carboxylic acids is 1. The molecular formula is C29H58O8. The third-order valence-electron chi connectivity index (χ3n) is 8.10. The molecule has 0 aromatic carbocycles. The summed E-state index contributed by atoms with van der Waals surface area (Å²) >= 11 is 0. The highest BCUT2D eigenvalue weighted by Crippen LogP contribution is 2.43. The van der Waals surface area contributed by atoms with E-state index in [-0.39, 0.29) is 66.9 Å². The Labute approximate surface area is 225 Å². The van der Waals surface area contributed by atoms with Crippen molar-refractivity contribution in [3.8, 4) is 0 Å². The van der Waals surface area contributed by atoms with Gasteiger partial charge in [0.25, 0.3) is 0 Å². The average molecular weight is 535 g/mol. The van der Waals surface area contributed by atoms with Crippen LogP contribution in [-0.4, -0.2) is 82.9 Å². The molecule has 8 nitrogen and oxygen atoms in total. The van der Waals surface area contributed by atoms with Crippen LogP contribution >= 0.6 is 0 Å². The van der Waals surface area contributed by atoms with Gasteiger partial charge in [-0.05, 0) is 60.7 Å². The molecule has 0 saturated carbocycles. The van der Waals surface area contributed by atoms with Crippen LogP contribution in [0.3, 0.4) is 0 Å². The maximum absolute atomic E-state index is 13.2. The summed E-state index contributed by atoms with van der Waals surface area (Å²) in [5, 5.41) is 58.5. The predicted octanol–water partition coefficient (Wildman–Crippen LogP) is 3.00. The van der Waals surface area contributed by atoms with Crippen LogP contribution in [0.4, 0.5) is 0 Å². The molecule has 4 unspecified atom stereocenters. The van der Waals surface area contributed by atoms with Gasteiger partial charge in [-0.1, -0.05) is 55.4 Å². The fourth-order valence-corrected chi connectivity index (χ4v) is 5.74. The molecule has 6 N–H and O–H groups in total. The van der Waals surface area contributed by atoms with Gasteiger partial charge < -0.3 is 35.4 Å². The molecule has 0 aromatic heterocycles. The Morgan fingerprint density at radius 2 is 1.27 bits per heavy atom. The van der Waals surface area contributed by atoms with Gasteiger partial charge in [-0.25, -0.2) is 0 Å². The Hall–Kier alpha value is -0.770. The van der Waals surface area contributed by atoms with E-state index in [0.29, 0.717) is 12.8 Å². The summed E-state index contributed by atoms with van der Waals surface area (Å²) in [7, 11) is 0. The summed E-state index contributed by atoms with van der Waals surface area (Å²) in [4.78, 5) is 13.2. The number of aliphatic hydroxyl groups is 6. The van der Waals surface area contributed by atoms with Crippen molar-refractivity contribution in [2.45, 2.75) is 87.5 Å². The third kappa shape index (κ3) is 11.9. The van der Waals surface area contributed by atoms with E-state index in [2.05, 4.69) is 48.5 Å². The second kappa shape index (κ2) is 15.7. The van der Waals surface area contributed by atoms with Crippen LogP contribution in [-0.2, 0) is 9.53 Å². The molecule has 0 saturated heterocycles. The minimum atomic E-state index is -1.26. The highest BCUT2D eigenvalue weighted by Gasteiger charge is 2.41.